The summed E-state index contributed by atoms with van der Waals surface area (Å²) in [7, 11) is 3.71. The summed E-state index contributed by atoms with van der Waals surface area (Å²) in [5.74, 6) is 0. The SMILES string of the molecule is C/N=C1\OC[C@H](COC(C)(C)C)N1C. The average Bonchev–Trinajstić information content (AvgIpc) is 2.42. The van der Waals surface area contributed by atoms with Crippen molar-refractivity contribution in [2.24, 2.45) is 4.99 Å². The third-order valence-corrected chi connectivity index (χ3v) is 2.15. The van der Waals surface area contributed by atoms with Crippen LogP contribution in [0.5, 0.6) is 0 Å². The van der Waals surface area contributed by atoms with Crippen molar-refractivity contribution in [1.82, 2.24) is 4.90 Å². The number of hydrogen-bond acceptors (Lipinski definition) is 3. The molecule has 0 amide bonds. The molecule has 1 rings (SSSR count). The standard InChI is InChI=1S/C10H20N2O2/c1-10(2,3)14-7-8-6-13-9(11-4)12(8)5/h8H,6-7H2,1-5H3/b11-9-/t8-/m1/s1. The van der Waals surface area contributed by atoms with Crippen LogP contribution in [0.2, 0.25) is 0 Å². The summed E-state index contributed by atoms with van der Waals surface area (Å²) >= 11 is 0. The normalized spacial score (nSPS) is 25.6. The van der Waals surface area contributed by atoms with Crippen molar-refractivity contribution in [3.8, 4) is 0 Å². The van der Waals surface area contributed by atoms with Crippen molar-refractivity contribution in [3.63, 3.8) is 0 Å². The highest BCUT2D eigenvalue weighted by Gasteiger charge is 2.28. The largest absolute Gasteiger partial charge is 0.463 e. The molecule has 1 aliphatic heterocycles. The van der Waals surface area contributed by atoms with Gasteiger partial charge in [-0.2, -0.15) is 0 Å². The molecular weight excluding hydrogens is 180 g/mol. The molecule has 1 fully saturated rings. The highest BCUT2D eigenvalue weighted by atomic mass is 16.5. The van der Waals surface area contributed by atoms with E-state index in [1.807, 2.05) is 11.9 Å². The third-order valence-electron chi connectivity index (χ3n) is 2.15. The van der Waals surface area contributed by atoms with E-state index >= 15 is 0 Å². The van der Waals surface area contributed by atoms with Crippen molar-refractivity contribution in [3.05, 3.63) is 0 Å². The van der Waals surface area contributed by atoms with Gasteiger partial charge in [-0.3, -0.25) is 0 Å². The molecule has 14 heavy (non-hydrogen) atoms. The fourth-order valence-corrected chi connectivity index (χ4v) is 1.27. The van der Waals surface area contributed by atoms with Crippen LogP contribution >= 0.6 is 0 Å². The van der Waals surface area contributed by atoms with Gasteiger partial charge in [0.2, 0.25) is 0 Å². The van der Waals surface area contributed by atoms with E-state index in [2.05, 4.69) is 25.8 Å². The molecule has 0 spiro atoms. The highest BCUT2D eigenvalue weighted by Crippen LogP contribution is 2.14. The first kappa shape index (κ1) is 11.3. The van der Waals surface area contributed by atoms with E-state index in [4.69, 9.17) is 9.47 Å². The molecule has 1 heterocycles. The summed E-state index contributed by atoms with van der Waals surface area (Å²) < 4.78 is 11.1. The molecule has 1 saturated heterocycles. The summed E-state index contributed by atoms with van der Waals surface area (Å²) in [5, 5.41) is 0. The van der Waals surface area contributed by atoms with Gasteiger partial charge in [-0.25, -0.2) is 4.99 Å². The van der Waals surface area contributed by atoms with E-state index in [9.17, 15) is 0 Å². The Balaban J connectivity index is 2.41. The molecule has 0 unspecified atom stereocenters. The van der Waals surface area contributed by atoms with Crippen molar-refractivity contribution < 1.29 is 9.47 Å². The summed E-state index contributed by atoms with van der Waals surface area (Å²) in [4.78, 5) is 6.05. The zero-order valence-electron chi connectivity index (χ0n) is 9.70. The van der Waals surface area contributed by atoms with Crippen LogP contribution in [0.15, 0.2) is 4.99 Å². The first-order valence-electron chi connectivity index (χ1n) is 4.90. The second-order valence-corrected chi connectivity index (χ2v) is 4.51. The highest BCUT2D eigenvalue weighted by molar-refractivity contribution is 5.75. The predicted molar refractivity (Wildman–Crippen MR) is 56.6 cm³/mol. The zero-order valence-corrected chi connectivity index (χ0v) is 9.70. The van der Waals surface area contributed by atoms with Crippen molar-refractivity contribution in [2.45, 2.75) is 32.4 Å². The van der Waals surface area contributed by atoms with E-state index in [-0.39, 0.29) is 11.6 Å². The Morgan fingerprint density at radius 3 is 2.64 bits per heavy atom. The molecule has 1 atom stereocenters. The van der Waals surface area contributed by atoms with Crippen LogP contribution in [0.3, 0.4) is 0 Å². The first-order valence-corrected chi connectivity index (χ1v) is 4.90. The molecule has 0 saturated carbocycles. The Hall–Kier alpha value is -0.770. The second kappa shape index (κ2) is 4.17. The molecule has 0 bridgehead atoms. The summed E-state index contributed by atoms with van der Waals surface area (Å²) in [5.41, 5.74) is -0.0903. The van der Waals surface area contributed by atoms with Crippen molar-refractivity contribution >= 4 is 6.02 Å². The zero-order chi connectivity index (χ0) is 10.8. The molecule has 0 aliphatic carbocycles. The minimum absolute atomic E-state index is 0.0903. The molecule has 82 valence electrons. The number of likely N-dealkylation sites (N-methyl/N-ethyl adjacent to an activating group) is 1. The maximum atomic E-state index is 5.70. The predicted octanol–water partition coefficient (Wildman–Crippen LogP) is 1.12. The monoisotopic (exact) mass is 200 g/mol. The van der Waals surface area contributed by atoms with Crippen LogP contribution in [0.25, 0.3) is 0 Å². The number of rotatable bonds is 2. The average molecular weight is 200 g/mol. The van der Waals surface area contributed by atoms with E-state index in [0.29, 0.717) is 19.2 Å². The summed E-state index contributed by atoms with van der Waals surface area (Å²) in [6.07, 6.45) is 0. The molecule has 1 aliphatic rings. The fraction of sp³-hybridized carbons (Fsp3) is 0.900. The molecule has 0 aromatic carbocycles. The van der Waals surface area contributed by atoms with Crippen LogP contribution in [0.4, 0.5) is 0 Å². The number of amidine groups is 1. The van der Waals surface area contributed by atoms with E-state index in [1.54, 1.807) is 7.05 Å². The van der Waals surface area contributed by atoms with Gasteiger partial charge in [0.15, 0.2) is 0 Å². The van der Waals surface area contributed by atoms with Gasteiger partial charge in [-0.15, -0.1) is 0 Å². The van der Waals surface area contributed by atoms with Gasteiger partial charge in [-0.1, -0.05) is 0 Å². The van der Waals surface area contributed by atoms with Crippen LogP contribution in [0.1, 0.15) is 20.8 Å². The fourth-order valence-electron chi connectivity index (χ4n) is 1.27. The van der Waals surface area contributed by atoms with Gasteiger partial charge in [0, 0.05) is 14.1 Å². The van der Waals surface area contributed by atoms with E-state index < -0.39 is 0 Å². The minimum atomic E-state index is -0.0903. The van der Waals surface area contributed by atoms with Crippen molar-refractivity contribution in [1.29, 1.82) is 0 Å². The Bertz CT molecular complexity index is 221. The van der Waals surface area contributed by atoms with Gasteiger partial charge in [0.05, 0.1) is 18.2 Å². The lowest BCUT2D eigenvalue weighted by Crippen LogP contribution is -2.36. The summed E-state index contributed by atoms with van der Waals surface area (Å²) in [6.45, 7) is 7.51. The lowest BCUT2D eigenvalue weighted by molar-refractivity contribution is -0.0220. The quantitative estimate of drug-likeness (QED) is 0.670. The smallest absolute Gasteiger partial charge is 0.287 e. The third kappa shape index (κ3) is 2.87. The number of nitrogens with zero attached hydrogens (tertiary/aromatic N) is 2. The van der Waals surface area contributed by atoms with Gasteiger partial charge in [0.25, 0.3) is 6.02 Å². The number of aliphatic imine (C=N–C) groups is 1. The topological polar surface area (TPSA) is 34.1 Å². The first-order chi connectivity index (χ1) is 6.44. The minimum Gasteiger partial charge on any atom is -0.463 e. The molecule has 0 aromatic heterocycles. The maximum Gasteiger partial charge on any atom is 0.287 e. The van der Waals surface area contributed by atoms with Gasteiger partial charge >= 0.3 is 0 Å². The van der Waals surface area contributed by atoms with Crippen LogP contribution in [0, 0.1) is 0 Å². The molecular formula is C10H20N2O2. The van der Waals surface area contributed by atoms with Crippen LogP contribution < -0.4 is 0 Å². The molecule has 0 N–H and O–H groups in total. The summed E-state index contributed by atoms with van der Waals surface area (Å²) in [6, 6.07) is 0.987. The molecule has 0 aromatic rings. The van der Waals surface area contributed by atoms with Crippen molar-refractivity contribution in [2.75, 3.05) is 27.3 Å². The maximum absolute atomic E-state index is 5.70. The Morgan fingerprint density at radius 1 is 1.57 bits per heavy atom. The Labute approximate surface area is 85.9 Å². The van der Waals surface area contributed by atoms with E-state index in [0.717, 1.165) is 0 Å². The molecule has 4 nitrogen and oxygen atoms in total. The second-order valence-electron chi connectivity index (χ2n) is 4.51. The van der Waals surface area contributed by atoms with Gasteiger partial charge in [0.1, 0.15) is 6.61 Å². The lowest BCUT2D eigenvalue weighted by Gasteiger charge is -2.24. The lowest BCUT2D eigenvalue weighted by atomic mass is 10.2. The van der Waals surface area contributed by atoms with E-state index in [1.165, 1.54) is 0 Å². The molecule has 0 radical (unpaired) electrons. The molecule has 4 heteroatoms. The van der Waals surface area contributed by atoms with Crippen LogP contribution in [-0.2, 0) is 9.47 Å². The van der Waals surface area contributed by atoms with Gasteiger partial charge in [-0.05, 0) is 20.8 Å². The van der Waals surface area contributed by atoms with Gasteiger partial charge < -0.3 is 14.4 Å². The Kier molecular flexibility index (Phi) is 3.37. The number of ether oxygens (including phenoxy) is 2. The van der Waals surface area contributed by atoms with Crippen LogP contribution in [-0.4, -0.2) is 49.9 Å². The number of hydrogen-bond donors (Lipinski definition) is 0. The Morgan fingerprint density at radius 2 is 2.21 bits per heavy atom.